The highest BCUT2D eigenvalue weighted by molar-refractivity contribution is 14.1. The lowest BCUT2D eigenvalue weighted by Crippen LogP contribution is -2.35. The van der Waals surface area contributed by atoms with E-state index in [0.717, 1.165) is 9.99 Å². The fourth-order valence-corrected chi connectivity index (χ4v) is 6.98. The minimum absolute atomic E-state index is 0.0972. The van der Waals surface area contributed by atoms with Gasteiger partial charge in [0.05, 0.1) is 36.7 Å². The van der Waals surface area contributed by atoms with Gasteiger partial charge < -0.3 is 18.4 Å². The van der Waals surface area contributed by atoms with Crippen molar-refractivity contribution in [3.8, 4) is 6.07 Å². The summed E-state index contributed by atoms with van der Waals surface area (Å²) in [7, 11) is -1.43. The van der Waals surface area contributed by atoms with Gasteiger partial charge in [0.25, 0.3) is 14.1 Å². The van der Waals surface area contributed by atoms with Crippen molar-refractivity contribution in [3.05, 3.63) is 20.1 Å². The van der Waals surface area contributed by atoms with Crippen molar-refractivity contribution in [2.24, 2.45) is 5.41 Å². The molecule has 2 N–H and O–H groups in total. The SMILES string of the molecule is CC[C@H]1O[C@@H](n2cc(I)c3c(=O)[nH]c(NC(=O)C(C)(C)C)nc32)CC1OP(OCCC#N)N(C(C)C)C(C)C. The molecule has 1 amide bonds. The summed E-state index contributed by atoms with van der Waals surface area (Å²) >= 11 is 2.12. The van der Waals surface area contributed by atoms with E-state index in [-0.39, 0.29) is 48.1 Å². The molecule has 1 aliphatic heterocycles. The highest BCUT2D eigenvalue weighted by Crippen LogP contribution is 2.50. The molecule has 1 fully saturated rings. The maximum Gasteiger partial charge on any atom is 0.262 e. The Hall–Kier alpha value is -1.62. The van der Waals surface area contributed by atoms with Gasteiger partial charge in [0.2, 0.25) is 11.9 Å². The number of nitriles is 1. The number of aromatic nitrogens is 3. The number of ether oxygens (including phenoxy) is 1. The number of fused-ring (bicyclic) bond motifs is 1. The van der Waals surface area contributed by atoms with Gasteiger partial charge in [-0.3, -0.25) is 19.9 Å². The van der Waals surface area contributed by atoms with Crippen LogP contribution in [0.2, 0.25) is 0 Å². The first kappa shape index (κ1) is 31.9. The molecule has 39 heavy (non-hydrogen) atoms. The van der Waals surface area contributed by atoms with Gasteiger partial charge in [-0.15, -0.1) is 0 Å². The van der Waals surface area contributed by atoms with Crippen LogP contribution in [0.3, 0.4) is 0 Å². The molecule has 0 radical (unpaired) electrons. The second-order valence-electron chi connectivity index (χ2n) is 11.2. The number of H-pyrrole nitrogens is 1. The fraction of sp³-hybridized carbons (Fsp3) is 0.692. The summed E-state index contributed by atoms with van der Waals surface area (Å²) in [4.78, 5) is 32.8. The van der Waals surface area contributed by atoms with Gasteiger partial charge in [-0.2, -0.15) is 10.2 Å². The van der Waals surface area contributed by atoms with Crippen molar-refractivity contribution in [1.29, 1.82) is 5.26 Å². The Morgan fingerprint density at radius 1 is 1.38 bits per heavy atom. The predicted molar refractivity (Wildman–Crippen MR) is 160 cm³/mol. The zero-order chi connectivity index (χ0) is 29.1. The molecule has 0 saturated carbocycles. The van der Waals surface area contributed by atoms with Gasteiger partial charge in [0.15, 0.2) is 5.65 Å². The number of nitrogens with zero attached hydrogens (tertiary/aromatic N) is 4. The minimum Gasteiger partial charge on any atom is -0.352 e. The first-order valence-corrected chi connectivity index (χ1v) is 15.5. The highest BCUT2D eigenvalue weighted by atomic mass is 127. The summed E-state index contributed by atoms with van der Waals surface area (Å²) in [6.07, 6.45) is 2.51. The lowest BCUT2D eigenvalue weighted by molar-refractivity contribution is -0.123. The van der Waals surface area contributed by atoms with Gasteiger partial charge in [-0.1, -0.05) is 27.7 Å². The molecule has 13 heteroatoms. The lowest BCUT2D eigenvalue weighted by atomic mass is 9.96. The van der Waals surface area contributed by atoms with Gasteiger partial charge in [0.1, 0.15) is 6.23 Å². The van der Waals surface area contributed by atoms with E-state index in [1.54, 1.807) is 20.8 Å². The highest BCUT2D eigenvalue weighted by Gasteiger charge is 2.41. The molecule has 0 aliphatic carbocycles. The summed E-state index contributed by atoms with van der Waals surface area (Å²) in [6.45, 7) is 16.1. The molecule has 3 rings (SSSR count). The molecule has 216 valence electrons. The number of anilines is 1. The van der Waals surface area contributed by atoms with Crippen molar-refractivity contribution in [3.63, 3.8) is 0 Å². The first-order valence-electron chi connectivity index (χ1n) is 13.3. The third-order valence-electron chi connectivity index (χ3n) is 6.33. The molecule has 2 unspecified atom stereocenters. The summed E-state index contributed by atoms with van der Waals surface area (Å²) in [6, 6.07) is 2.50. The van der Waals surface area contributed by atoms with Crippen LogP contribution in [-0.2, 0) is 18.6 Å². The number of halogens is 1. The molecular weight excluding hydrogens is 634 g/mol. The molecule has 2 aromatic rings. The van der Waals surface area contributed by atoms with E-state index in [2.05, 4.69) is 76.3 Å². The zero-order valence-corrected chi connectivity index (χ0v) is 27.0. The molecule has 1 saturated heterocycles. The van der Waals surface area contributed by atoms with E-state index in [0.29, 0.717) is 24.1 Å². The van der Waals surface area contributed by atoms with Crippen LogP contribution in [0.1, 0.15) is 80.9 Å². The average Bonchev–Trinajstić information content (AvgIpc) is 3.38. The van der Waals surface area contributed by atoms with Crippen molar-refractivity contribution >= 4 is 54.0 Å². The van der Waals surface area contributed by atoms with Crippen LogP contribution in [-0.4, -0.2) is 56.0 Å². The number of rotatable bonds is 11. The van der Waals surface area contributed by atoms with Crippen molar-refractivity contribution < 1.29 is 18.6 Å². The van der Waals surface area contributed by atoms with Crippen molar-refractivity contribution in [2.45, 2.75) is 105 Å². The third kappa shape index (κ3) is 7.57. The monoisotopic (exact) mass is 674 g/mol. The van der Waals surface area contributed by atoms with E-state index in [4.69, 9.17) is 19.0 Å². The topological polar surface area (TPSA) is 135 Å². The number of hydrogen-bond acceptors (Lipinski definition) is 8. The molecule has 11 nitrogen and oxygen atoms in total. The largest absolute Gasteiger partial charge is 0.352 e. The molecule has 0 bridgehead atoms. The Morgan fingerprint density at radius 3 is 2.62 bits per heavy atom. The summed E-state index contributed by atoms with van der Waals surface area (Å²) in [5.74, 6) is -0.154. The van der Waals surface area contributed by atoms with Gasteiger partial charge in [0, 0.05) is 33.7 Å². The minimum atomic E-state index is -1.43. The molecule has 0 spiro atoms. The predicted octanol–water partition coefficient (Wildman–Crippen LogP) is 5.67. The normalized spacial score (nSPS) is 20.7. The second-order valence-corrected chi connectivity index (χ2v) is 13.7. The van der Waals surface area contributed by atoms with Gasteiger partial charge in [-0.05, 0) is 56.7 Å². The Bertz CT molecular complexity index is 1240. The van der Waals surface area contributed by atoms with Gasteiger partial charge in [-0.25, -0.2) is 4.67 Å². The number of amides is 1. The molecule has 1 aliphatic rings. The number of aromatic amines is 1. The molecule has 0 aromatic carbocycles. The average molecular weight is 675 g/mol. The van der Waals surface area contributed by atoms with Crippen LogP contribution in [0, 0.1) is 20.3 Å². The lowest BCUT2D eigenvalue weighted by Gasteiger charge is -2.37. The Morgan fingerprint density at radius 2 is 2.05 bits per heavy atom. The number of carbonyl (C=O) groups excluding carboxylic acids is 1. The van der Waals surface area contributed by atoms with Gasteiger partial charge >= 0.3 is 0 Å². The maximum absolute atomic E-state index is 13.0. The van der Waals surface area contributed by atoms with Crippen LogP contribution in [0.15, 0.2) is 11.0 Å². The van der Waals surface area contributed by atoms with Crippen LogP contribution >= 0.6 is 31.1 Å². The Labute approximate surface area is 245 Å². The van der Waals surface area contributed by atoms with Crippen molar-refractivity contribution in [2.75, 3.05) is 11.9 Å². The number of carbonyl (C=O) groups is 1. The van der Waals surface area contributed by atoms with E-state index in [9.17, 15) is 9.59 Å². The van der Waals surface area contributed by atoms with Crippen LogP contribution in [0.5, 0.6) is 0 Å². The van der Waals surface area contributed by atoms with E-state index < -0.39 is 20.2 Å². The number of hydrogen-bond donors (Lipinski definition) is 2. The van der Waals surface area contributed by atoms with E-state index >= 15 is 0 Å². The number of nitrogens with one attached hydrogen (secondary N) is 2. The maximum atomic E-state index is 13.0. The van der Waals surface area contributed by atoms with Crippen molar-refractivity contribution in [1.82, 2.24) is 19.2 Å². The summed E-state index contributed by atoms with van der Waals surface area (Å²) in [5.41, 5.74) is -0.541. The molecule has 3 heterocycles. The zero-order valence-electron chi connectivity index (χ0n) is 23.9. The third-order valence-corrected chi connectivity index (χ3v) is 9.30. The first-order chi connectivity index (χ1) is 18.3. The van der Waals surface area contributed by atoms with Crippen LogP contribution in [0.4, 0.5) is 5.95 Å². The van der Waals surface area contributed by atoms with Crippen LogP contribution < -0.4 is 10.9 Å². The summed E-state index contributed by atoms with van der Waals surface area (Å²) in [5, 5.41) is 12.2. The molecular formula is C26H40IN6O5P. The Kier molecular flexibility index (Phi) is 10.9. The Balaban J connectivity index is 1.92. The summed E-state index contributed by atoms with van der Waals surface area (Å²) < 4.78 is 24.0. The standard InChI is InChI=1S/C26H40IN6O5P/c1-9-18-19(38-39(36-12-10-11-28)33(15(2)3)16(4)5)13-20(37-18)32-14-17(27)21-22(32)29-25(30-23(21)34)31-24(35)26(6,7)8/h14-16,18-20H,9-10,12-13H2,1-8H3,(H2,29,30,31,34,35)/t18-,19?,20-,39?/m1/s1. The smallest absolute Gasteiger partial charge is 0.262 e. The second kappa shape index (κ2) is 13.4. The fourth-order valence-electron chi connectivity index (χ4n) is 4.44. The quantitative estimate of drug-likeness (QED) is 0.177. The molecule has 2 aromatic heterocycles. The van der Waals surface area contributed by atoms with Crippen LogP contribution in [0.25, 0.3) is 11.0 Å². The van der Waals surface area contributed by atoms with E-state index in [1.807, 2.05) is 17.7 Å². The molecule has 4 atom stereocenters. The van der Waals surface area contributed by atoms with E-state index in [1.165, 1.54) is 0 Å².